The Morgan fingerprint density at radius 1 is 1.42 bits per heavy atom. The topological polar surface area (TPSA) is 38.7 Å². The highest BCUT2D eigenvalue weighted by Crippen LogP contribution is 2.30. The maximum absolute atomic E-state index is 10.9. The first kappa shape index (κ1) is 7.77. The molecule has 2 aliphatic rings. The van der Waals surface area contributed by atoms with Gasteiger partial charge >= 0.3 is 5.97 Å². The molecule has 2 unspecified atom stereocenters. The first-order valence-corrected chi connectivity index (χ1v) is 4.48. The van der Waals surface area contributed by atoms with Crippen molar-refractivity contribution in [2.24, 2.45) is 10.9 Å². The largest absolute Gasteiger partial charge is 0.439 e. The van der Waals surface area contributed by atoms with E-state index in [-0.39, 0.29) is 12.2 Å². The summed E-state index contributed by atoms with van der Waals surface area (Å²) in [6, 6.07) is 0. The molecule has 3 heteroatoms. The number of aliphatic imine (C=N–C) groups is 1. The molecule has 0 aliphatic carbocycles. The standard InChI is InChI=1S/C9H13NO2/c1-6-2-3-7-4-5-8(11)12-9(7)10-6/h7,9H,2-5H2,1H3. The molecule has 2 heterocycles. The van der Waals surface area contributed by atoms with Gasteiger partial charge in [0.1, 0.15) is 0 Å². The minimum Gasteiger partial charge on any atom is -0.439 e. The highest BCUT2D eigenvalue weighted by atomic mass is 16.6. The fourth-order valence-electron chi connectivity index (χ4n) is 1.83. The first-order chi connectivity index (χ1) is 5.75. The summed E-state index contributed by atoms with van der Waals surface area (Å²) < 4.78 is 5.13. The normalized spacial score (nSPS) is 35.1. The number of hydrogen-bond acceptors (Lipinski definition) is 3. The van der Waals surface area contributed by atoms with Gasteiger partial charge in [0.05, 0.1) is 0 Å². The summed E-state index contributed by atoms with van der Waals surface area (Å²) >= 11 is 0. The van der Waals surface area contributed by atoms with Crippen LogP contribution in [-0.4, -0.2) is 17.9 Å². The molecular formula is C9H13NO2. The van der Waals surface area contributed by atoms with Crippen molar-refractivity contribution in [2.45, 2.75) is 38.8 Å². The van der Waals surface area contributed by atoms with E-state index < -0.39 is 0 Å². The van der Waals surface area contributed by atoms with Crippen LogP contribution in [0.15, 0.2) is 4.99 Å². The second-order valence-corrected chi connectivity index (χ2v) is 3.58. The third kappa shape index (κ3) is 1.36. The van der Waals surface area contributed by atoms with E-state index in [1.807, 2.05) is 6.92 Å². The Bertz CT molecular complexity index is 235. The van der Waals surface area contributed by atoms with E-state index in [4.69, 9.17) is 4.74 Å². The van der Waals surface area contributed by atoms with Gasteiger partial charge in [-0.15, -0.1) is 0 Å². The van der Waals surface area contributed by atoms with E-state index in [0.29, 0.717) is 12.3 Å². The first-order valence-electron chi connectivity index (χ1n) is 4.48. The zero-order valence-corrected chi connectivity index (χ0v) is 7.25. The van der Waals surface area contributed by atoms with Gasteiger partial charge in [-0.3, -0.25) is 9.79 Å². The average Bonchev–Trinajstić information content (AvgIpc) is 2.03. The summed E-state index contributed by atoms with van der Waals surface area (Å²) in [4.78, 5) is 15.3. The molecule has 0 amide bonds. The lowest BCUT2D eigenvalue weighted by Gasteiger charge is -2.31. The Kier molecular flexibility index (Phi) is 1.87. The minimum absolute atomic E-state index is 0.0882. The smallest absolute Gasteiger partial charge is 0.307 e. The number of nitrogens with zero attached hydrogens (tertiary/aromatic N) is 1. The zero-order valence-electron chi connectivity index (χ0n) is 7.25. The summed E-state index contributed by atoms with van der Waals surface area (Å²) in [5.41, 5.74) is 1.12. The fourth-order valence-corrected chi connectivity index (χ4v) is 1.83. The highest BCUT2D eigenvalue weighted by molar-refractivity contribution is 5.83. The average molecular weight is 167 g/mol. The molecule has 2 rings (SSSR count). The Morgan fingerprint density at radius 3 is 3.00 bits per heavy atom. The molecule has 0 saturated carbocycles. The maximum Gasteiger partial charge on any atom is 0.307 e. The van der Waals surface area contributed by atoms with Crippen LogP contribution < -0.4 is 0 Å². The van der Waals surface area contributed by atoms with Crippen LogP contribution in [0, 0.1) is 5.92 Å². The Labute approximate surface area is 71.8 Å². The molecule has 0 aromatic rings. The summed E-state index contributed by atoms with van der Waals surface area (Å²) in [5.74, 6) is 0.404. The molecule has 2 atom stereocenters. The number of fused-ring (bicyclic) bond motifs is 1. The number of hydrogen-bond donors (Lipinski definition) is 0. The number of carbonyl (C=O) groups excluding carboxylic acids is 1. The molecule has 0 radical (unpaired) electrons. The van der Waals surface area contributed by atoms with E-state index in [9.17, 15) is 4.79 Å². The van der Waals surface area contributed by atoms with E-state index in [1.54, 1.807) is 0 Å². The van der Waals surface area contributed by atoms with Gasteiger partial charge in [0.2, 0.25) is 0 Å². The van der Waals surface area contributed by atoms with Gasteiger partial charge in [0.15, 0.2) is 6.23 Å². The Morgan fingerprint density at radius 2 is 2.17 bits per heavy atom. The van der Waals surface area contributed by atoms with Gasteiger partial charge in [0.25, 0.3) is 0 Å². The van der Waals surface area contributed by atoms with Gasteiger partial charge in [-0.25, -0.2) is 0 Å². The number of esters is 1. The van der Waals surface area contributed by atoms with Gasteiger partial charge in [-0.05, 0) is 26.2 Å². The number of rotatable bonds is 0. The lowest BCUT2D eigenvalue weighted by molar-refractivity contribution is -0.158. The van der Waals surface area contributed by atoms with Crippen LogP contribution >= 0.6 is 0 Å². The maximum atomic E-state index is 10.9. The molecule has 1 saturated heterocycles. The lowest BCUT2D eigenvalue weighted by atomic mass is 9.90. The molecule has 0 aromatic heterocycles. The molecule has 2 aliphatic heterocycles. The van der Waals surface area contributed by atoms with E-state index in [1.165, 1.54) is 0 Å². The summed E-state index contributed by atoms with van der Waals surface area (Å²) in [6.07, 6.45) is 3.59. The highest BCUT2D eigenvalue weighted by Gasteiger charge is 2.32. The molecule has 0 spiro atoms. The van der Waals surface area contributed by atoms with Crippen molar-refractivity contribution in [3.63, 3.8) is 0 Å². The summed E-state index contributed by atoms with van der Waals surface area (Å²) in [7, 11) is 0. The third-order valence-corrected chi connectivity index (χ3v) is 2.60. The third-order valence-electron chi connectivity index (χ3n) is 2.60. The van der Waals surface area contributed by atoms with E-state index in [2.05, 4.69) is 4.99 Å². The molecule has 1 fully saturated rings. The van der Waals surface area contributed by atoms with Crippen molar-refractivity contribution in [1.82, 2.24) is 0 Å². The van der Waals surface area contributed by atoms with Crippen molar-refractivity contribution in [2.75, 3.05) is 0 Å². The second-order valence-electron chi connectivity index (χ2n) is 3.58. The van der Waals surface area contributed by atoms with Crippen LogP contribution in [0.5, 0.6) is 0 Å². The van der Waals surface area contributed by atoms with E-state index in [0.717, 1.165) is 25.0 Å². The second kappa shape index (κ2) is 2.88. The Balaban J connectivity index is 2.12. The predicted molar refractivity (Wildman–Crippen MR) is 44.9 cm³/mol. The lowest BCUT2D eigenvalue weighted by Crippen LogP contribution is -2.34. The van der Waals surface area contributed by atoms with Gasteiger partial charge in [0, 0.05) is 18.1 Å². The van der Waals surface area contributed by atoms with E-state index >= 15 is 0 Å². The molecule has 3 nitrogen and oxygen atoms in total. The van der Waals surface area contributed by atoms with Crippen LogP contribution in [0.1, 0.15) is 32.6 Å². The van der Waals surface area contributed by atoms with Crippen LogP contribution in [0.25, 0.3) is 0 Å². The molecule has 0 aromatic carbocycles. The summed E-state index contributed by atoms with van der Waals surface area (Å²) in [6.45, 7) is 2.00. The van der Waals surface area contributed by atoms with Crippen molar-refractivity contribution >= 4 is 11.7 Å². The van der Waals surface area contributed by atoms with Gasteiger partial charge < -0.3 is 4.74 Å². The van der Waals surface area contributed by atoms with Gasteiger partial charge in [-0.2, -0.15) is 0 Å². The Hall–Kier alpha value is -0.860. The quantitative estimate of drug-likeness (QED) is 0.513. The monoisotopic (exact) mass is 167 g/mol. The van der Waals surface area contributed by atoms with Crippen molar-refractivity contribution in [1.29, 1.82) is 0 Å². The van der Waals surface area contributed by atoms with Crippen molar-refractivity contribution in [3.05, 3.63) is 0 Å². The number of carbonyl (C=O) groups is 1. The summed E-state index contributed by atoms with van der Waals surface area (Å²) in [5, 5.41) is 0. The van der Waals surface area contributed by atoms with Gasteiger partial charge in [-0.1, -0.05) is 0 Å². The van der Waals surface area contributed by atoms with Crippen molar-refractivity contribution < 1.29 is 9.53 Å². The van der Waals surface area contributed by atoms with Crippen LogP contribution in [0.4, 0.5) is 0 Å². The van der Waals surface area contributed by atoms with Crippen LogP contribution in [0.3, 0.4) is 0 Å². The molecular weight excluding hydrogens is 154 g/mol. The molecule has 12 heavy (non-hydrogen) atoms. The predicted octanol–water partition coefficient (Wildman–Crippen LogP) is 1.52. The zero-order chi connectivity index (χ0) is 8.55. The molecule has 0 N–H and O–H groups in total. The minimum atomic E-state index is -0.153. The van der Waals surface area contributed by atoms with Crippen LogP contribution in [-0.2, 0) is 9.53 Å². The van der Waals surface area contributed by atoms with Crippen LogP contribution in [0.2, 0.25) is 0 Å². The molecule has 0 bridgehead atoms. The van der Waals surface area contributed by atoms with Crippen molar-refractivity contribution in [3.8, 4) is 0 Å². The number of ether oxygens (including phenoxy) is 1. The molecule has 66 valence electrons. The SMILES string of the molecule is CC1=NC2OC(=O)CCC2CC1. The fraction of sp³-hybridized carbons (Fsp3) is 0.778.